The second-order valence-corrected chi connectivity index (χ2v) is 4.99. The summed E-state index contributed by atoms with van der Waals surface area (Å²) in [5.41, 5.74) is 1.82. The lowest BCUT2D eigenvalue weighted by atomic mass is 10.2. The fourth-order valence-electron chi connectivity index (χ4n) is 1.49. The predicted molar refractivity (Wildman–Crippen MR) is 76.2 cm³/mol. The molecule has 6 heteroatoms. The SMILES string of the molecule is Cc1nc(CNC(=O)c2ccc(C#CCO)cn2)cs1. The summed E-state index contributed by atoms with van der Waals surface area (Å²) < 4.78 is 0. The van der Waals surface area contributed by atoms with Crippen LogP contribution in [-0.2, 0) is 6.54 Å². The van der Waals surface area contributed by atoms with Crippen molar-refractivity contribution in [3.8, 4) is 11.8 Å². The van der Waals surface area contributed by atoms with Crippen LogP contribution in [0.5, 0.6) is 0 Å². The topological polar surface area (TPSA) is 75.1 Å². The third-order valence-electron chi connectivity index (χ3n) is 2.40. The van der Waals surface area contributed by atoms with Gasteiger partial charge >= 0.3 is 0 Å². The third-order valence-corrected chi connectivity index (χ3v) is 3.23. The molecule has 0 radical (unpaired) electrons. The fraction of sp³-hybridized carbons (Fsp3) is 0.214. The van der Waals surface area contributed by atoms with Crippen LogP contribution in [0.25, 0.3) is 0 Å². The Morgan fingerprint density at radius 2 is 2.35 bits per heavy atom. The molecule has 0 fully saturated rings. The van der Waals surface area contributed by atoms with Gasteiger partial charge in [-0.1, -0.05) is 11.8 Å². The summed E-state index contributed by atoms with van der Waals surface area (Å²) in [6.45, 7) is 2.11. The minimum Gasteiger partial charge on any atom is -0.384 e. The van der Waals surface area contributed by atoms with Crippen LogP contribution >= 0.6 is 11.3 Å². The first-order valence-electron chi connectivity index (χ1n) is 5.94. The smallest absolute Gasteiger partial charge is 0.270 e. The molecule has 2 aromatic heterocycles. The molecule has 2 heterocycles. The molecule has 0 saturated carbocycles. The molecule has 0 bridgehead atoms. The maximum Gasteiger partial charge on any atom is 0.270 e. The Labute approximate surface area is 120 Å². The molecule has 5 nitrogen and oxygen atoms in total. The second-order valence-electron chi connectivity index (χ2n) is 3.93. The number of pyridine rings is 1. The molecule has 1 amide bonds. The number of hydrogen-bond donors (Lipinski definition) is 2. The number of aliphatic hydroxyl groups excluding tert-OH is 1. The summed E-state index contributed by atoms with van der Waals surface area (Å²) in [5.74, 6) is 4.99. The molecule has 0 unspecified atom stereocenters. The molecule has 0 atom stereocenters. The van der Waals surface area contributed by atoms with Gasteiger partial charge in [-0.25, -0.2) is 9.97 Å². The van der Waals surface area contributed by atoms with E-state index in [0.29, 0.717) is 17.8 Å². The predicted octanol–water partition coefficient (Wildman–Crippen LogP) is 1.12. The van der Waals surface area contributed by atoms with E-state index >= 15 is 0 Å². The average Bonchev–Trinajstić information content (AvgIpc) is 2.89. The highest BCUT2D eigenvalue weighted by Gasteiger charge is 2.07. The first-order chi connectivity index (χ1) is 9.69. The van der Waals surface area contributed by atoms with E-state index in [1.54, 1.807) is 23.5 Å². The van der Waals surface area contributed by atoms with Crippen LogP contribution in [0, 0.1) is 18.8 Å². The van der Waals surface area contributed by atoms with Crippen LogP contribution in [0.1, 0.15) is 26.8 Å². The van der Waals surface area contributed by atoms with E-state index in [1.807, 2.05) is 12.3 Å². The van der Waals surface area contributed by atoms with Crippen LogP contribution in [-0.4, -0.2) is 27.6 Å². The molecule has 102 valence electrons. The van der Waals surface area contributed by atoms with Crippen molar-refractivity contribution < 1.29 is 9.90 Å². The molecule has 20 heavy (non-hydrogen) atoms. The van der Waals surface area contributed by atoms with E-state index in [2.05, 4.69) is 27.1 Å². The first kappa shape index (κ1) is 14.2. The van der Waals surface area contributed by atoms with E-state index in [0.717, 1.165) is 10.7 Å². The van der Waals surface area contributed by atoms with Crippen LogP contribution in [0.4, 0.5) is 0 Å². The van der Waals surface area contributed by atoms with Crippen molar-refractivity contribution in [1.82, 2.24) is 15.3 Å². The molecule has 0 aromatic carbocycles. The van der Waals surface area contributed by atoms with Gasteiger partial charge in [0.15, 0.2) is 0 Å². The summed E-state index contributed by atoms with van der Waals surface area (Å²) in [7, 11) is 0. The number of rotatable bonds is 3. The van der Waals surface area contributed by atoms with E-state index in [9.17, 15) is 4.79 Å². The van der Waals surface area contributed by atoms with E-state index in [1.165, 1.54) is 6.20 Å². The van der Waals surface area contributed by atoms with Gasteiger partial charge in [0.2, 0.25) is 0 Å². The van der Waals surface area contributed by atoms with E-state index in [-0.39, 0.29) is 12.5 Å². The van der Waals surface area contributed by atoms with Gasteiger partial charge in [-0.15, -0.1) is 11.3 Å². The van der Waals surface area contributed by atoms with Crippen molar-refractivity contribution in [2.24, 2.45) is 0 Å². The Morgan fingerprint density at radius 1 is 1.50 bits per heavy atom. The lowest BCUT2D eigenvalue weighted by molar-refractivity contribution is 0.0945. The zero-order valence-electron chi connectivity index (χ0n) is 10.9. The molecular weight excluding hydrogens is 274 g/mol. The van der Waals surface area contributed by atoms with Gasteiger partial charge < -0.3 is 10.4 Å². The van der Waals surface area contributed by atoms with Gasteiger partial charge in [0.1, 0.15) is 12.3 Å². The number of hydrogen-bond acceptors (Lipinski definition) is 5. The molecule has 0 aliphatic rings. The van der Waals surface area contributed by atoms with Gasteiger partial charge in [-0.3, -0.25) is 4.79 Å². The van der Waals surface area contributed by atoms with Gasteiger partial charge in [0.05, 0.1) is 17.2 Å². The Morgan fingerprint density at radius 3 is 2.95 bits per heavy atom. The number of aliphatic hydroxyl groups is 1. The highest BCUT2D eigenvalue weighted by molar-refractivity contribution is 7.09. The Hall–Kier alpha value is -2.23. The molecule has 2 N–H and O–H groups in total. The fourth-order valence-corrected chi connectivity index (χ4v) is 2.11. The van der Waals surface area contributed by atoms with Crippen LogP contribution in [0.2, 0.25) is 0 Å². The monoisotopic (exact) mass is 287 g/mol. The van der Waals surface area contributed by atoms with Crippen LogP contribution < -0.4 is 5.32 Å². The molecule has 2 rings (SSSR count). The van der Waals surface area contributed by atoms with E-state index < -0.39 is 0 Å². The number of amides is 1. The van der Waals surface area contributed by atoms with Crippen LogP contribution in [0.15, 0.2) is 23.7 Å². The quantitative estimate of drug-likeness (QED) is 0.830. The third kappa shape index (κ3) is 3.88. The Kier molecular flexibility index (Phi) is 4.82. The largest absolute Gasteiger partial charge is 0.384 e. The zero-order chi connectivity index (χ0) is 14.4. The Balaban J connectivity index is 1.95. The molecule has 0 spiro atoms. The number of nitrogens with one attached hydrogen (secondary N) is 1. The van der Waals surface area contributed by atoms with Gasteiger partial charge in [0.25, 0.3) is 5.91 Å². The second kappa shape index (κ2) is 6.80. The number of aromatic nitrogens is 2. The number of carbonyl (C=O) groups is 1. The molecule has 0 saturated heterocycles. The minimum atomic E-state index is -0.252. The molecule has 2 aromatic rings. The normalized spacial score (nSPS) is 9.70. The summed E-state index contributed by atoms with van der Waals surface area (Å²) in [6, 6.07) is 3.29. The number of nitrogens with zero attached hydrogens (tertiary/aromatic N) is 2. The zero-order valence-corrected chi connectivity index (χ0v) is 11.7. The van der Waals surface area contributed by atoms with E-state index in [4.69, 9.17) is 5.11 Å². The van der Waals surface area contributed by atoms with Crippen molar-refractivity contribution in [2.45, 2.75) is 13.5 Å². The van der Waals surface area contributed by atoms with Crippen molar-refractivity contribution >= 4 is 17.2 Å². The maximum atomic E-state index is 11.9. The Bertz CT molecular complexity index is 653. The molecule has 0 aliphatic heterocycles. The molecular formula is C14H13N3O2S. The average molecular weight is 287 g/mol. The highest BCUT2D eigenvalue weighted by Crippen LogP contribution is 2.07. The first-order valence-corrected chi connectivity index (χ1v) is 6.82. The van der Waals surface area contributed by atoms with Crippen molar-refractivity contribution in [2.75, 3.05) is 6.61 Å². The molecule has 0 aliphatic carbocycles. The minimum absolute atomic E-state index is 0.199. The summed E-state index contributed by atoms with van der Waals surface area (Å²) >= 11 is 1.55. The van der Waals surface area contributed by atoms with Gasteiger partial charge in [0, 0.05) is 17.1 Å². The lowest BCUT2D eigenvalue weighted by Crippen LogP contribution is -2.23. The maximum absolute atomic E-state index is 11.9. The summed E-state index contributed by atoms with van der Waals surface area (Å²) in [5, 5.41) is 14.2. The van der Waals surface area contributed by atoms with Crippen molar-refractivity contribution in [3.05, 3.63) is 45.7 Å². The number of carbonyl (C=O) groups excluding carboxylic acids is 1. The van der Waals surface area contributed by atoms with Gasteiger partial charge in [-0.05, 0) is 19.1 Å². The van der Waals surface area contributed by atoms with Crippen LogP contribution in [0.3, 0.4) is 0 Å². The summed E-state index contributed by atoms with van der Waals surface area (Å²) in [4.78, 5) is 20.2. The standard InChI is InChI=1S/C14H13N3O2S/c1-10-17-12(9-20-10)8-16-14(19)13-5-4-11(7-15-13)3-2-6-18/h4-5,7,9,18H,6,8H2,1H3,(H,16,19). The highest BCUT2D eigenvalue weighted by atomic mass is 32.1. The number of aryl methyl sites for hydroxylation is 1. The van der Waals surface area contributed by atoms with Crippen molar-refractivity contribution in [1.29, 1.82) is 0 Å². The lowest BCUT2D eigenvalue weighted by Gasteiger charge is -2.02. The number of thiazole rings is 1. The summed E-state index contributed by atoms with van der Waals surface area (Å²) in [6.07, 6.45) is 1.50. The van der Waals surface area contributed by atoms with Crippen molar-refractivity contribution in [3.63, 3.8) is 0 Å². The van der Waals surface area contributed by atoms with Gasteiger partial charge in [-0.2, -0.15) is 0 Å².